The molecule has 0 radical (unpaired) electrons. The van der Waals surface area contributed by atoms with Crippen molar-refractivity contribution in [3.05, 3.63) is 34.2 Å². The summed E-state index contributed by atoms with van der Waals surface area (Å²) in [5, 5.41) is 9.03. The standard InChI is InChI=1S/C11H15NO3/c1-4-12-7-5-6-8(9(12)13)11(2,3)10(14)15/h5-7H,4H2,1-3H3,(H,14,15). The van der Waals surface area contributed by atoms with Gasteiger partial charge >= 0.3 is 5.97 Å². The van der Waals surface area contributed by atoms with Gasteiger partial charge in [-0.1, -0.05) is 6.07 Å². The molecule has 0 bridgehead atoms. The number of carboxylic acid groups (broad SMARTS) is 1. The minimum absolute atomic E-state index is 0.229. The summed E-state index contributed by atoms with van der Waals surface area (Å²) >= 11 is 0. The molecule has 0 saturated carbocycles. The lowest BCUT2D eigenvalue weighted by atomic mass is 9.86. The molecule has 1 heterocycles. The Morgan fingerprint density at radius 2 is 2.13 bits per heavy atom. The van der Waals surface area contributed by atoms with Gasteiger partial charge < -0.3 is 9.67 Å². The number of aromatic nitrogens is 1. The molecule has 0 aliphatic carbocycles. The van der Waals surface area contributed by atoms with Crippen molar-refractivity contribution in [2.45, 2.75) is 32.7 Å². The fourth-order valence-corrected chi connectivity index (χ4v) is 1.38. The third-order valence-electron chi connectivity index (χ3n) is 2.57. The smallest absolute Gasteiger partial charge is 0.313 e. The van der Waals surface area contributed by atoms with Crippen molar-refractivity contribution in [1.82, 2.24) is 4.57 Å². The molecule has 82 valence electrons. The molecule has 4 nitrogen and oxygen atoms in total. The van der Waals surface area contributed by atoms with Crippen LogP contribution in [-0.4, -0.2) is 15.6 Å². The molecule has 0 fully saturated rings. The zero-order valence-corrected chi connectivity index (χ0v) is 9.15. The molecule has 0 amide bonds. The lowest BCUT2D eigenvalue weighted by Crippen LogP contribution is -2.37. The zero-order valence-electron chi connectivity index (χ0n) is 9.15. The van der Waals surface area contributed by atoms with Gasteiger partial charge in [-0.25, -0.2) is 0 Å². The molecule has 1 N–H and O–H groups in total. The summed E-state index contributed by atoms with van der Waals surface area (Å²) in [4.78, 5) is 22.9. The van der Waals surface area contributed by atoms with E-state index in [-0.39, 0.29) is 5.56 Å². The maximum atomic E-state index is 11.9. The average molecular weight is 209 g/mol. The second-order valence-corrected chi connectivity index (χ2v) is 3.94. The van der Waals surface area contributed by atoms with Gasteiger partial charge in [-0.2, -0.15) is 0 Å². The Balaban J connectivity index is 3.39. The summed E-state index contributed by atoms with van der Waals surface area (Å²) in [6, 6.07) is 3.27. The first kappa shape index (κ1) is 11.5. The molecule has 1 aromatic heterocycles. The highest BCUT2D eigenvalue weighted by Gasteiger charge is 2.32. The van der Waals surface area contributed by atoms with Crippen LogP contribution in [0.25, 0.3) is 0 Å². The van der Waals surface area contributed by atoms with Crippen LogP contribution < -0.4 is 5.56 Å². The van der Waals surface area contributed by atoms with Gasteiger partial charge in [0.1, 0.15) is 0 Å². The van der Waals surface area contributed by atoms with E-state index in [1.807, 2.05) is 6.92 Å². The van der Waals surface area contributed by atoms with E-state index in [1.54, 1.807) is 18.3 Å². The highest BCUT2D eigenvalue weighted by Crippen LogP contribution is 2.19. The number of carbonyl (C=O) groups is 1. The summed E-state index contributed by atoms with van der Waals surface area (Å²) in [5.74, 6) is -0.992. The van der Waals surface area contributed by atoms with Gasteiger partial charge in [-0.15, -0.1) is 0 Å². The minimum atomic E-state index is -1.14. The molecule has 1 rings (SSSR count). The van der Waals surface area contributed by atoms with E-state index in [4.69, 9.17) is 5.11 Å². The molecule has 4 heteroatoms. The molecule has 0 aliphatic rings. The van der Waals surface area contributed by atoms with Crippen molar-refractivity contribution in [3.63, 3.8) is 0 Å². The summed E-state index contributed by atoms with van der Waals surface area (Å²) in [7, 11) is 0. The molecular formula is C11H15NO3. The van der Waals surface area contributed by atoms with Crippen LogP contribution in [0.3, 0.4) is 0 Å². The van der Waals surface area contributed by atoms with E-state index in [9.17, 15) is 9.59 Å². The van der Waals surface area contributed by atoms with E-state index < -0.39 is 11.4 Å². The van der Waals surface area contributed by atoms with Gasteiger partial charge in [0.25, 0.3) is 5.56 Å². The van der Waals surface area contributed by atoms with Crippen LogP contribution in [0.2, 0.25) is 0 Å². The van der Waals surface area contributed by atoms with Crippen molar-refractivity contribution in [2.75, 3.05) is 0 Å². The lowest BCUT2D eigenvalue weighted by Gasteiger charge is -2.19. The molecule has 0 atom stereocenters. The number of nitrogens with zero attached hydrogens (tertiary/aromatic N) is 1. The SMILES string of the molecule is CCn1cccc(C(C)(C)C(=O)O)c1=O. The predicted molar refractivity (Wildman–Crippen MR) is 57.0 cm³/mol. The minimum Gasteiger partial charge on any atom is -0.481 e. The number of hydrogen-bond donors (Lipinski definition) is 1. The van der Waals surface area contributed by atoms with Crippen LogP contribution in [0.1, 0.15) is 26.3 Å². The normalized spacial score (nSPS) is 11.4. The Morgan fingerprint density at radius 1 is 1.53 bits per heavy atom. The molecular weight excluding hydrogens is 194 g/mol. The first-order valence-electron chi connectivity index (χ1n) is 4.84. The predicted octanol–water partition coefficient (Wildman–Crippen LogP) is 1.23. The van der Waals surface area contributed by atoms with Crippen molar-refractivity contribution in [1.29, 1.82) is 0 Å². The van der Waals surface area contributed by atoms with E-state index in [1.165, 1.54) is 18.4 Å². The number of aryl methyl sites for hydroxylation is 1. The van der Waals surface area contributed by atoms with Crippen molar-refractivity contribution in [2.24, 2.45) is 0 Å². The Bertz CT molecular complexity index is 432. The molecule has 0 unspecified atom stereocenters. The Kier molecular flexibility index (Phi) is 2.98. The van der Waals surface area contributed by atoms with Crippen molar-refractivity contribution >= 4 is 5.97 Å². The Morgan fingerprint density at radius 3 is 2.60 bits per heavy atom. The fourth-order valence-electron chi connectivity index (χ4n) is 1.38. The lowest BCUT2D eigenvalue weighted by molar-refractivity contribution is -0.142. The van der Waals surface area contributed by atoms with Gasteiger partial charge in [0.15, 0.2) is 0 Å². The second kappa shape index (κ2) is 3.88. The van der Waals surface area contributed by atoms with Crippen LogP contribution >= 0.6 is 0 Å². The highest BCUT2D eigenvalue weighted by atomic mass is 16.4. The topological polar surface area (TPSA) is 59.3 Å². The second-order valence-electron chi connectivity index (χ2n) is 3.94. The first-order chi connectivity index (χ1) is 6.91. The molecule has 0 saturated heterocycles. The first-order valence-corrected chi connectivity index (χ1v) is 4.84. The molecule has 1 aromatic rings. The average Bonchev–Trinajstić information content (AvgIpc) is 2.17. The maximum Gasteiger partial charge on any atom is 0.313 e. The molecule has 15 heavy (non-hydrogen) atoms. The van der Waals surface area contributed by atoms with Crippen molar-refractivity contribution in [3.8, 4) is 0 Å². The zero-order chi connectivity index (χ0) is 11.6. The van der Waals surface area contributed by atoms with Gasteiger partial charge in [0.05, 0.1) is 5.41 Å². The summed E-state index contributed by atoms with van der Waals surface area (Å²) < 4.78 is 1.50. The quantitative estimate of drug-likeness (QED) is 0.814. The largest absolute Gasteiger partial charge is 0.481 e. The fraction of sp³-hybridized carbons (Fsp3) is 0.455. The van der Waals surface area contributed by atoms with Gasteiger partial charge in [-0.05, 0) is 26.8 Å². The number of aliphatic carboxylic acids is 1. The maximum absolute atomic E-state index is 11.9. The third kappa shape index (κ3) is 1.93. The van der Waals surface area contributed by atoms with Crippen LogP contribution in [0, 0.1) is 0 Å². The van der Waals surface area contributed by atoms with Crippen LogP contribution in [0.4, 0.5) is 0 Å². The number of hydrogen-bond acceptors (Lipinski definition) is 2. The Hall–Kier alpha value is -1.58. The molecule has 0 aliphatic heterocycles. The number of carboxylic acids is 1. The summed E-state index contributed by atoms with van der Waals surface area (Å²) in [6.07, 6.45) is 1.66. The Labute approximate surface area is 88.2 Å². The van der Waals surface area contributed by atoms with Crippen LogP contribution in [-0.2, 0) is 16.8 Å². The van der Waals surface area contributed by atoms with Crippen molar-refractivity contribution < 1.29 is 9.90 Å². The van der Waals surface area contributed by atoms with Gasteiger partial charge in [-0.3, -0.25) is 9.59 Å². The third-order valence-corrected chi connectivity index (χ3v) is 2.57. The van der Waals surface area contributed by atoms with Gasteiger partial charge in [0, 0.05) is 18.3 Å². The summed E-state index contributed by atoms with van der Waals surface area (Å²) in [6.45, 7) is 5.46. The van der Waals surface area contributed by atoms with E-state index in [0.717, 1.165) is 0 Å². The molecule has 0 aromatic carbocycles. The van der Waals surface area contributed by atoms with Gasteiger partial charge in [0.2, 0.25) is 0 Å². The van der Waals surface area contributed by atoms with E-state index in [0.29, 0.717) is 12.1 Å². The number of pyridine rings is 1. The number of rotatable bonds is 3. The summed E-state index contributed by atoms with van der Waals surface area (Å²) in [5.41, 5.74) is -1.05. The van der Waals surface area contributed by atoms with E-state index in [2.05, 4.69) is 0 Å². The highest BCUT2D eigenvalue weighted by molar-refractivity contribution is 5.80. The molecule has 0 spiro atoms. The van der Waals surface area contributed by atoms with Crippen LogP contribution in [0.15, 0.2) is 23.1 Å². The monoisotopic (exact) mass is 209 g/mol. The van der Waals surface area contributed by atoms with Crippen LogP contribution in [0.5, 0.6) is 0 Å². The van der Waals surface area contributed by atoms with E-state index >= 15 is 0 Å².